The molecule has 1 atom stereocenters. The van der Waals surface area contributed by atoms with Crippen LogP contribution in [0.15, 0.2) is 67.0 Å². The zero-order valence-electron chi connectivity index (χ0n) is 22.2. The highest BCUT2D eigenvalue weighted by Gasteiger charge is 2.34. The minimum absolute atomic E-state index is 0.0146. The van der Waals surface area contributed by atoms with Gasteiger partial charge in [0.05, 0.1) is 58.8 Å². The summed E-state index contributed by atoms with van der Waals surface area (Å²) in [6.07, 6.45) is 3.27. The van der Waals surface area contributed by atoms with Crippen molar-refractivity contribution < 1.29 is 13.5 Å². The molecule has 0 aliphatic carbocycles. The van der Waals surface area contributed by atoms with Crippen molar-refractivity contribution in [3.05, 3.63) is 105 Å². The predicted molar refractivity (Wildman–Crippen MR) is 157 cm³/mol. The van der Waals surface area contributed by atoms with Crippen LogP contribution in [-0.4, -0.2) is 33.2 Å². The van der Waals surface area contributed by atoms with Crippen LogP contribution in [0.2, 0.25) is 10.0 Å². The van der Waals surface area contributed by atoms with E-state index in [4.69, 9.17) is 27.9 Å². The highest BCUT2D eigenvalue weighted by molar-refractivity contribution is 6.36. The van der Waals surface area contributed by atoms with E-state index in [-0.39, 0.29) is 21.8 Å². The number of nitrogens with one attached hydrogen (secondary N) is 2. The molecule has 2 N–H and O–H groups in total. The lowest BCUT2D eigenvalue weighted by atomic mass is 9.89. The Hall–Kier alpha value is -4.30. The monoisotopic (exact) mass is 605 g/mol. The van der Waals surface area contributed by atoms with Crippen molar-refractivity contribution >= 4 is 51.2 Å². The molecule has 0 spiro atoms. The second-order valence-electron chi connectivity index (χ2n) is 10.5. The Balaban J connectivity index is 1.40. The molecule has 0 unspecified atom stereocenters. The minimum atomic E-state index is -0.560. The highest BCUT2D eigenvalue weighted by atomic mass is 35.5. The highest BCUT2D eigenvalue weighted by Crippen LogP contribution is 2.37. The molecular formula is C30H23Cl2F2N7O. The fourth-order valence-corrected chi connectivity index (χ4v) is 5.34. The summed E-state index contributed by atoms with van der Waals surface area (Å²) >= 11 is 12.7. The molecule has 6 rings (SSSR count). The number of hydrogen-bond donors (Lipinski definition) is 2. The standard InChI is InChI=1S/C30H23Cl2F2N7O/c1-30(15-42-16-30)14-41-13-26(39-40-41)28(17-2-4-19(33)5-3-17)38-21-8-22-27(37-20-6-7-25(34)23(31)9-20)18(11-35)12-36-29(22)24(32)10-21/h2-10,12-13,28,38H,14-16H2,1H3,(H,36,37)/t28-/m0/s1. The molecule has 12 heteroatoms. The number of fused-ring (bicyclic) bond motifs is 1. The third-order valence-corrected chi connectivity index (χ3v) is 7.62. The van der Waals surface area contributed by atoms with E-state index in [2.05, 4.69) is 38.9 Å². The SMILES string of the molecule is CC1(Cn2cc([C@@H](Nc3cc(Cl)c4ncc(C#N)c(Nc5ccc(F)c(Cl)c5)c4c3)c3ccc(F)cc3)nn2)COC1. The van der Waals surface area contributed by atoms with Crippen molar-refractivity contribution in [1.82, 2.24) is 20.0 Å². The first kappa shape index (κ1) is 27.8. The predicted octanol–water partition coefficient (Wildman–Crippen LogP) is 7.26. The van der Waals surface area contributed by atoms with Crippen LogP contribution in [0.3, 0.4) is 0 Å². The quantitative estimate of drug-likeness (QED) is 0.192. The number of pyridine rings is 1. The average molecular weight is 606 g/mol. The third-order valence-electron chi connectivity index (χ3n) is 7.05. The van der Waals surface area contributed by atoms with Crippen LogP contribution in [0.4, 0.5) is 25.8 Å². The van der Waals surface area contributed by atoms with Crippen LogP contribution in [0.5, 0.6) is 0 Å². The first-order chi connectivity index (χ1) is 20.2. The Morgan fingerprint density at radius 3 is 2.52 bits per heavy atom. The Kier molecular flexibility index (Phi) is 7.41. The van der Waals surface area contributed by atoms with Gasteiger partial charge in [0.1, 0.15) is 23.4 Å². The van der Waals surface area contributed by atoms with Gasteiger partial charge in [0, 0.05) is 28.4 Å². The van der Waals surface area contributed by atoms with E-state index in [1.807, 2.05) is 6.20 Å². The van der Waals surface area contributed by atoms with Crippen LogP contribution < -0.4 is 10.6 Å². The van der Waals surface area contributed by atoms with Crippen LogP contribution in [0.1, 0.15) is 29.8 Å². The van der Waals surface area contributed by atoms with E-state index in [1.54, 1.807) is 28.9 Å². The maximum Gasteiger partial charge on any atom is 0.141 e. The van der Waals surface area contributed by atoms with E-state index in [0.717, 1.165) is 5.56 Å². The third kappa shape index (κ3) is 5.59. The molecule has 0 bridgehead atoms. The van der Waals surface area contributed by atoms with Crippen molar-refractivity contribution in [2.75, 3.05) is 23.8 Å². The zero-order chi connectivity index (χ0) is 29.4. The smallest absolute Gasteiger partial charge is 0.141 e. The number of anilines is 3. The number of halogens is 4. The topological polar surface area (TPSA) is 101 Å². The molecule has 1 aliphatic rings. The van der Waals surface area contributed by atoms with Gasteiger partial charge >= 0.3 is 0 Å². The fraction of sp³-hybridized carbons (Fsp3) is 0.200. The molecule has 1 aliphatic heterocycles. The number of aromatic nitrogens is 4. The number of hydrogen-bond acceptors (Lipinski definition) is 7. The van der Waals surface area contributed by atoms with Gasteiger partial charge in [-0.05, 0) is 48.0 Å². The van der Waals surface area contributed by atoms with Gasteiger partial charge in [0.2, 0.25) is 0 Å². The number of nitriles is 1. The summed E-state index contributed by atoms with van der Waals surface area (Å²) in [5, 5.41) is 26.0. The molecule has 5 aromatic rings. The maximum absolute atomic E-state index is 13.8. The summed E-state index contributed by atoms with van der Waals surface area (Å²) in [6, 6.07) is 15.4. The van der Waals surface area contributed by atoms with Gasteiger partial charge in [-0.15, -0.1) is 5.10 Å². The van der Waals surface area contributed by atoms with Crippen molar-refractivity contribution in [1.29, 1.82) is 5.26 Å². The van der Waals surface area contributed by atoms with E-state index in [1.165, 1.54) is 36.5 Å². The molecule has 212 valence electrons. The van der Waals surface area contributed by atoms with Gasteiger partial charge in [-0.2, -0.15) is 5.26 Å². The average Bonchev–Trinajstić information content (AvgIpc) is 3.41. The molecule has 3 heterocycles. The van der Waals surface area contributed by atoms with Crippen LogP contribution in [0.25, 0.3) is 10.9 Å². The van der Waals surface area contributed by atoms with Crippen LogP contribution in [-0.2, 0) is 11.3 Å². The lowest BCUT2D eigenvalue weighted by Crippen LogP contribution is -2.43. The van der Waals surface area contributed by atoms with Crippen molar-refractivity contribution in [3.8, 4) is 6.07 Å². The van der Waals surface area contributed by atoms with Gasteiger partial charge in [-0.1, -0.05) is 47.5 Å². The lowest BCUT2D eigenvalue weighted by Gasteiger charge is -2.37. The van der Waals surface area contributed by atoms with Crippen molar-refractivity contribution in [3.63, 3.8) is 0 Å². The van der Waals surface area contributed by atoms with E-state index in [0.29, 0.717) is 58.4 Å². The van der Waals surface area contributed by atoms with E-state index in [9.17, 15) is 14.0 Å². The van der Waals surface area contributed by atoms with Crippen LogP contribution in [0, 0.1) is 28.4 Å². The van der Waals surface area contributed by atoms with Crippen molar-refractivity contribution in [2.45, 2.75) is 19.5 Å². The second-order valence-corrected chi connectivity index (χ2v) is 11.4. The molecule has 0 saturated carbocycles. The zero-order valence-corrected chi connectivity index (χ0v) is 23.7. The molecule has 1 fully saturated rings. The second kappa shape index (κ2) is 11.2. The summed E-state index contributed by atoms with van der Waals surface area (Å²) in [6.45, 7) is 4.07. The first-order valence-electron chi connectivity index (χ1n) is 13.0. The normalized spacial score (nSPS) is 14.7. The Morgan fingerprint density at radius 1 is 1.07 bits per heavy atom. The largest absolute Gasteiger partial charge is 0.380 e. The first-order valence-corrected chi connectivity index (χ1v) is 13.7. The summed E-state index contributed by atoms with van der Waals surface area (Å²) in [7, 11) is 0. The maximum atomic E-state index is 13.8. The molecule has 0 radical (unpaired) electrons. The summed E-state index contributed by atoms with van der Waals surface area (Å²) < 4.78 is 34.8. The summed E-state index contributed by atoms with van der Waals surface area (Å²) in [5.74, 6) is -0.921. The molecule has 8 nitrogen and oxygen atoms in total. The van der Waals surface area contributed by atoms with Crippen LogP contribution >= 0.6 is 23.2 Å². The summed E-state index contributed by atoms with van der Waals surface area (Å²) in [4.78, 5) is 4.40. The van der Waals surface area contributed by atoms with Gasteiger partial charge in [-0.3, -0.25) is 9.67 Å². The molecule has 1 saturated heterocycles. The van der Waals surface area contributed by atoms with Gasteiger partial charge in [0.15, 0.2) is 0 Å². The minimum Gasteiger partial charge on any atom is -0.380 e. The molecule has 42 heavy (non-hydrogen) atoms. The van der Waals surface area contributed by atoms with Gasteiger partial charge in [0.25, 0.3) is 0 Å². The lowest BCUT2D eigenvalue weighted by molar-refractivity contribution is -0.111. The van der Waals surface area contributed by atoms with Gasteiger partial charge in [-0.25, -0.2) is 8.78 Å². The molecular weight excluding hydrogens is 583 g/mol. The molecule has 3 aromatic carbocycles. The number of rotatable bonds is 8. The Bertz CT molecular complexity index is 1830. The van der Waals surface area contributed by atoms with E-state index >= 15 is 0 Å². The number of benzene rings is 3. The Labute approximate surface area is 249 Å². The Morgan fingerprint density at radius 2 is 1.83 bits per heavy atom. The number of ether oxygens (including phenoxy) is 1. The summed E-state index contributed by atoms with van der Waals surface area (Å²) in [5.41, 5.74) is 3.56. The van der Waals surface area contributed by atoms with Gasteiger partial charge < -0.3 is 15.4 Å². The van der Waals surface area contributed by atoms with E-state index < -0.39 is 11.9 Å². The fourth-order valence-electron chi connectivity index (χ4n) is 4.89. The number of nitrogens with zero attached hydrogens (tertiary/aromatic N) is 5. The molecule has 2 aromatic heterocycles. The molecule has 0 amide bonds. The van der Waals surface area contributed by atoms with Crippen molar-refractivity contribution in [2.24, 2.45) is 5.41 Å².